The van der Waals surface area contributed by atoms with Crippen molar-refractivity contribution in [3.8, 4) is 0 Å². The Labute approximate surface area is 713 Å². The normalized spacial score (nSPS) is 11.5. The average Bonchev–Trinajstić information content (AvgIpc) is 0.784. The summed E-state index contributed by atoms with van der Waals surface area (Å²) in [5, 5.41) is 8.62. The molecule has 12 nitrogen and oxygen atoms in total. The molecule has 0 aliphatic carbocycles. The van der Waals surface area contributed by atoms with Crippen LogP contribution in [0.5, 0.6) is 0 Å². The minimum atomic E-state index is 0.411. The summed E-state index contributed by atoms with van der Waals surface area (Å²) in [6, 6.07) is 0. The molecule has 0 saturated carbocycles. The van der Waals surface area contributed by atoms with Crippen LogP contribution in [0.2, 0.25) is 0 Å². The van der Waals surface area contributed by atoms with Gasteiger partial charge in [-0.2, -0.15) is 10.2 Å². The molecule has 0 saturated heterocycles. The third kappa shape index (κ3) is 29.4. The third-order valence-corrected chi connectivity index (χ3v) is 22.6. The first-order valence-corrected chi connectivity index (χ1v) is 44.5. The first-order valence-electron chi connectivity index (χ1n) is 44.5. The van der Waals surface area contributed by atoms with Crippen LogP contribution >= 0.6 is 0 Å². The highest BCUT2D eigenvalue weighted by atomic mass is 15.1. The summed E-state index contributed by atoms with van der Waals surface area (Å²) in [6.45, 7) is 113. The summed E-state index contributed by atoms with van der Waals surface area (Å²) in [7, 11) is 0. The van der Waals surface area contributed by atoms with Crippen LogP contribution in [0.25, 0.3) is 0 Å². The minimum absolute atomic E-state index is 0.411. The van der Waals surface area contributed by atoms with Gasteiger partial charge in [0.05, 0.1) is 56.9 Å². The summed E-state index contributed by atoms with van der Waals surface area (Å²) in [4.78, 5) is 46.2. The fourth-order valence-electron chi connectivity index (χ4n) is 16.8. The van der Waals surface area contributed by atoms with Crippen LogP contribution < -0.4 is 0 Å². The predicted octanol–water partition coefficient (Wildman–Crippen LogP) is 30.4. The van der Waals surface area contributed by atoms with Gasteiger partial charge in [0.15, 0.2) is 0 Å². The van der Waals surface area contributed by atoms with Crippen LogP contribution in [-0.4, -0.2) is 60.0 Å². The van der Waals surface area contributed by atoms with Crippen molar-refractivity contribution >= 4 is 0 Å². The maximum Gasteiger partial charge on any atom is 0.131 e. The van der Waals surface area contributed by atoms with Crippen molar-refractivity contribution in [1.82, 2.24) is 60.0 Å². The molecule has 0 amide bonds. The fourth-order valence-corrected chi connectivity index (χ4v) is 16.8. The SMILES string of the molecule is Cc1c(C(C)C)nnc(C(C)C)c1C.Cc1c(C)c(C(C)C)c(C)c(C)c1C(C)C.Cc1nc(C(C)C)c(C)c(C)c1C(C)C.Cc1nc(C(C)C)c(C)c(C)c1C(C)C.Cc1nc(C(C)C)c(C)nc1C(C)C.Cc1nc(C(C)C)c(C)nc1C(C)C.Cc1nc(C(C)C)nc(C)c1C(C)C.Cc1nc(C(C)C)nc(C)c1C(C)C. The zero-order valence-electron chi connectivity index (χ0n) is 84.6. The molecule has 8 aromatic rings. The maximum atomic E-state index is 4.75. The summed E-state index contributed by atoms with van der Waals surface area (Å²) in [6.07, 6.45) is 0. The van der Waals surface area contributed by atoms with E-state index in [0.717, 1.165) is 91.4 Å². The molecule has 12 heteroatoms. The Morgan fingerprint density at radius 1 is 0.121 bits per heavy atom. The predicted molar refractivity (Wildman–Crippen MR) is 505 cm³/mol. The highest BCUT2D eigenvalue weighted by Crippen LogP contribution is 2.37. The molecule has 0 bridgehead atoms. The molecule has 0 atom stereocenters. The molecule has 7 aromatic heterocycles. The van der Waals surface area contributed by atoms with Crippen LogP contribution in [0.1, 0.15) is 519 Å². The van der Waals surface area contributed by atoms with Gasteiger partial charge in [-0.1, -0.05) is 222 Å². The van der Waals surface area contributed by atoms with E-state index in [1.165, 1.54) is 101 Å². The monoisotopic (exact) mass is 1590 g/mol. The van der Waals surface area contributed by atoms with Gasteiger partial charge in [0.1, 0.15) is 11.6 Å². The summed E-state index contributed by atoms with van der Waals surface area (Å²) < 4.78 is 0. The molecule has 648 valence electrons. The van der Waals surface area contributed by atoms with Crippen LogP contribution in [0, 0.1) is 138 Å². The number of rotatable bonds is 16. The van der Waals surface area contributed by atoms with E-state index in [2.05, 4.69) is 382 Å². The lowest BCUT2D eigenvalue weighted by atomic mass is 9.81. The lowest BCUT2D eigenvalue weighted by Crippen LogP contribution is -2.07. The molecule has 0 aliphatic heterocycles. The molecule has 0 N–H and O–H groups in total. The van der Waals surface area contributed by atoms with Crippen molar-refractivity contribution in [1.29, 1.82) is 0 Å². The second kappa shape index (κ2) is 47.6. The van der Waals surface area contributed by atoms with E-state index in [4.69, 9.17) is 9.97 Å². The number of benzene rings is 1. The molecule has 1 aromatic carbocycles. The molecule has 7 heterocycles. The smallest absolute Gasteiger partial charge is 0.131 e. The van der Waals surface area contributed by atoms with Crippen LogP contribution in [0.4, 0.5) is 0 Å². The molecule has 0 unspecified atom stereocenters. The topological polar surface area (TPSA) is 155 Å². The first kappa shape index (κ1) is 107. The van der Waals surface area contributed by atoms with Crippen molar-refractivity contribution in [2.24, 2.45) is 0 Å². The number of pyridine rings is 2. The fraction of sp³-hybridized carbons (Fsp3) is 0.654. The van der Waals surface area contributed by atoms with Crippen molar-refractivity contribution in [2.45, 2.75) is 455 Å². The van der Waals surface area contributed by atoms with E-state index < -0.39 is 0 Å². The molecule has 116 heavy (non-hydrogen) atoms. The number of aryl methyl sites for hydroxylation is 10. The summed E-state index contributed by atoms with van der Waals surface area (Å²) in [5.41, 5.74) is 43.4. The van der Waals surface area contributed by atoms with Gasteiger partial charge in [0.25, 0.3) is 0 Å². The minimum Gasteiger partial charge on any atom is -0.257 e. The lowest BCUT2D eigenvalue weighted by Gasteiger charge is -2.24. The van der Waals surface area contributed by atoms with Gasteiger partial charge < -0.3 is 0 Å². The number of hydrogen-bond donors (Lipinski definition) is 0. The second-order valence-corrected chi connectivity index (χ2v) is 38.2. The quantitative estimate of drug-likeness (QED) is 0.0904. The molecular weight excluding hydrogens is 1420 g/mol. The van der Waals surface area contributed by atoms with Gasteiger partial charge in [0, 0.05) is 57.4 Å². The Kier molecular flexibility index (Phi) is 43.9. The summed E-state index contributed by atoms with van der Waals surface area (Å²) in [5.74, 6) is 9.95. The number of hydrogen-bond acceptors (Lipinski definition) is 12. The van der Waals surface area contributed by atoms with Crippen LogP contribution in [0.15, 0.2) is 0 Å². The van der Waals surface area contributed by atoms with Crippen LogP contribution in [-0.2, 0) is 0 Å². The van der Waals surface area contributed by atoms with Crippen molar-refractivity contribution in [3.05, 3.63) is 203 Å². The Balaban J connectivity index is 0.000000663. The Hall–Kier alpha value is -7.08. The Morgan fingerprint density at radius 2 is 0.267 bits per heavy atom. The average molecular weight is 1590 g/mol. The van der Waals surface area contributed by atoms with Gasteiger partial charge >= 0.3 is 0 Å². The highest BCUT2D eigenvalue weighted by molar-refractivity contribution is 5.52. The van der Waals surface area contributed by atoms with E-state index in [1.54, 1.807) is 11.1 Å². The lowest BCUT2D eigenvalue weighted by molar-refractivity contribution is 0.714. The molecule has 0 fully saturated rings. The van der Waals surface area contributed by atoms with Crippen LogP contribution in [0.3, 0.4) is 0 Å². The van der Waals surface area contributed by atoms with Gasteiger partial charge in [-0.15, -0.1) is 0 Å². The maximum absolute atomic E-state index is 4.75. The largest absolute Gasteiger partial charge is 0.257 e. The van der Waals surface area contributed by atoms with Crippen molar-refractivity contribution in [2.75, 3.05) is 0 Å². The number of aromatic nitrogens is 12. The first-order chi connectivity index (χ1) is 53.2. The Morgan fingerprint density at radius 3 is 0.422 bits per heavy atom. The standard InChI is InChI=1S/C16H26.2C14H23N.5C12H20N2/c1-9(2)15-11(5)13(7)16(10(3)4)14(8)12(15)6;2*1-8(2)13-10(5)11(6)14(9(3)4)15-12(13)7;2*1-7(2)11-9(5)14-12(8(3)4)10(6)13-11;2*1-7(2)11-9(5)13-12(8(3)4)14-10(11)6;1-7(2)11-9(5)10(6)12(8(3)4)14-13-11/h9-10H,1-8H3;2*8-9H,1-7H3;5*7-8H,1-6H3. The zero-order chi connectivity index (χ0) is 90.5. The van der Waals surface area contributed by atoms with E-state index in [-0.39, 0.29) is 0 Å². The Bertz CT molecular complexity index is 4010. The zero-order valence-corrected chi connectivity index (χ0v) is 84.6. The summed E-state index contributed by atoms with van der Waals surface area (Å²) >= 11 is 0. The second-order valence-electron chi connectivity index (χ2n) is 38.2. The molecule has 0 aliphatic rings. The molecular formula is C104H172N12. The van der Waals surface area contributed by atoms with Gasteiger partial charge in [0.2, 0.25) is 0 Å². The van der Waals surface area contributed by atoms with E-state index in [1.807, 2.05) is 27.7 Å². The van der Waals surface area contributed by atoms with E-state index >= 15 is 0 Å². The van der Waals surface area contributed by atoms with Gasteiger partial charge in [-0.05, 0) is 310 Å². The number of nitrogens with zero attached hydrogens (tertiary/aromatic N) is 12. The van der Waals surface area contributed by atoms with Crippen molar-refractivity contribution in [3.63, 3.8) is 0 Å². The highest BCUT2D eigenvalue weighted by Gasteiger charge is 2.23. The van der Waals surface area contributed by atoms with E-state index in [0.29, 0.717) is 94.7 Å². The molecule has 0 radical (unpaired) electrons. The van der Waals surface area contributed by atoms with Gasteiger partial charge in [-0.25, -0.2) is 19.9 Å². The van der Waals surface area contributed by atoms with Gasteiger partial charge in [-0.3, -0.25) is 29.9 Å². The van der Waals surface area contributed by atoms with E-state index in [9.17, 15) is 0 Å². The van der Waals surface area contributed by atoms with Crippen molar-refractivity contribution < 1.29 is 0 Å². The molecule has 0 spiro atoms. The molecule has 8 rings (SSSR count). The third-order valence-electron chi connectivity index (χ3n) is 22.6.